The van der Waals surface area contributed by atoms with E-state index in [9.17, 15) is 0 Å². The molecule has 1 aliphatic rings. The average Bonchev–Trinajstić information content (AvgIpc) is 2.76. The van der Waals surface area contributed by atoms with Gasteiger partial charge in [-0.15, -0.1) is 0 Å². The van der Waals surface area contributed by atoms with Crippen LogP contribution in [0.1, 0.15) is 5.56 Å². The molecular formula is C23H25N7. The van der Waals surface area contributed by atoms with Crippen LogP contribution in [0, 0.1) is 11.3 Å². The van der Waals surface area contributed by atoms with Gasteiger partial charge in [0, 0.05) is 49.4 Å². The number of likely N-dealkylation sites (N-methyl/N-ethyl adjacent to an activating group) is 1. The number of anilines is 5. The summed E-state index contributed by atoms with van der Waals surface area (Å²) in [5, 5.41) is 15.4. The van der Waals surface area contributed by atoms with E-state index in [2.05, 4.69) is 67.8 Å². The highest BCUT2D eigenvalue weighted by molar-refractivity contribution is 5.62. The number of benzene rings is 2. The molecular weight excluding hydrogens is 374 g/mol. The van der Waals surface area contributed by atoms with Gasteiger partial charge < -0.3 is 20.4 Å². The molecule has 1 aromatic heterocycles. The first kappa shape index (κ1) is 19.7. The quantitative estimate of drug-likeness (QED) is 0.653. The molecule has 7 heteroatoms. The van der Waals surface area contributed by atoms with Crippen LogP contribution in [-0.2, 0) is 6.42 Å². The molecule has 0 aliphatic carbocycles. The Morgan fingerprint density at radius 3 is 2.53 bits per heavy atom. The molecule has 0 bridgehead atoms. The standard InChI is InChI=1S/C23H25N7/c1-29-13-15-30(16-14-29)21-7-5-19(6-8-21)27-23-25-12-10-22(28-23)26-20-4-2-3-18(17-20)9-11-24/h2-8,10,12,17H,9,13-16H2,1H3,(H2,25,26,27,28). The summed E-state index contributed by atoms with van der Waals surface area (Å²) in [5.41, 5.74) is 4.04. The monoisotopic (exact) mass is 399 g/mol. The predicted molar refractivity (Wildman–Crippen MR) is 121 cm³/mol. The van der Waals surface area contributed by atoms with Gasteiger partial charge in [-0.2, -0.15) is 10.2 Å². The van der Waals surface area contributed by atoms with Gasteiger partial charge in [-0.3, -0.25) is 0 Å². The fraction of sp³-hybridized carbons (Fsp3) is 0.261. The van der Waals surface area contributed by atoms with E-state index in [4.69, 9.17) is 5.26 Å². The van der Waals surface area contributed by atoms with Crippen LogP contribution < -0.4 is 15.5 Å². The Balaban J connectivity index is 1.40. The SMILES string of the molecule is CN1CCN(c2ccc(Nc3nccc(Nc4cccc(CC#N)c4)n3)cc2)CC1. The highest BCUT2D eigenvalue weighted by Gasteiger charge is 2.14. The van der Waals surface area contributed by atoms with Gasteiger partial charge in [-0.1, -0.05) is 12.1 Å². The molecule has 152 valence electrons. The van der Waals surface area contributed by atoms with Gasteiger partial charge in [-0.25, -0.2) is 4.98 Å². The van der Waals surface area contributed by atoms with Gasteiger partial charge >= 0.3 is 0 Å². The molecule has 1 aliphatic heterocycles. The van der Waals surface area contributed by atoms with Gasteiger partial charge in [0.05, 0.1) is 12.5 Å². The van der Waals surface area contributed by atoms with Gasteiger partial charge in [0.25, 0.3) is 0 Å². The van der Waals surface area contributed by atoms with Crippen molar-refractivity contribution >= 4 is 28.8 Å². The molecule has 0 radical (unpaired) electrons. The highest BCUT2D eigenvalue weighted by atomic mass is 15.2. The number of piperazine rings is 1. The van der Waals surface area contributed by atoms with Crippen LogP contribution in [0.4, 0.5) is 28.8 Å². The van der Waals surface area contributed by atoms with Crippen molar-refractivity contribution in [2.24, 2.45) is 0 Å². The molecule has 0 amide bonds. The zero-order valence-corrected chi connectivity index (χ0v) is 17.0. The highest BCUT2D eigenvalue weighted by Crippen LogP contribution is 2.22. The Labute approximate surface area is 177 Å². The van der Waals surface area contributed by atoms with E-state index in [1.807, 2.05) is 30.3 Å². The van der Waals surface area contributed by atoms with Crippen molar-refractivity contribution in [3.8, 4) is 6.07 Å². The smallest absolute Gasteiger partial charge is 0.229 e. The van der Waals surface area contributed by atoms with Crippen LogP contribution in [0.25, 0.3) is 0 Å². The second-order valence-corrected chi connectivity index (χ2v) is 7.39. The zero-order valence-electron chi connectivity index (χ0n) is 17.0. The Bertz CT molecular complexity index is 1020. The summed E-state index contributed by atoms with van der Waals surface area (Å²) in [6, 6.07) is 20.1. The summed E-state index contributed by atoms with van der Waals surface area (Å²) in [7, 11) is 2.16. The Morgan fingerprint density at radius 1 is 0.967 bits per heavy atom. The van der Waals surface area contributed by atoms with E-state index < -0.39 is 0 Å². The van der Waals surface area contributed by atoms with Crippen molar-refractivity contribution in [1.29, 1.82) is 5.26 Å². The van der Waals surface area contributed by atoms with Gasteiger partial charge in [-0.05, 0) is 55.1 Å². The Morgan fingerprint density at radius 2 is 1.77 bits per heavy atom. The van der Waals surface area contributed by atoms with Crippen LogP contribution in [0.2, 0.25) is 0 Å². The first-order valence-corrected chi connectivity index (χ1v) is 10.1. The molecule has 0 spiro atoms. The van der Waals surface area contributed by atoms with E-state index in [0.717, 1.165) is 43.1 Å². The first-order chi connectivity index (χ1) is 14.7. The fourth-order valence-corrected chi connectivity index (χ4v) is 3.44. The topological polar surface area (TPSA) is 80.1 Å². The second kappa shape index (κ2) is 9.25. The van der Waals surface area contributed by atoms with Crippen LogP contribution in [0.3, 0.4) is 0 Å². The molecule has 7 nitrogen and oxygen atoms in total. The van der Waals surface area contributed by atoms with E-state index in [0.29, 0.717) is 18.2 Å². The van der Waals surface area contributed by atoms with Gasteiger partial charge in [0.15, 0.2) is 0 Å². The molecule has 0 saturated carbocycles. The van der Waals surface area contributed by atoms with Crippen molar-refractivity contribution in [1.82, 2.24) is 14.9 Å². The second-order valence-electron chi connectivity index (χ2n) is 7.39. The summed E-state index contributed by atoms with van der Waals surface area (Å²) in [6.45, 7) is 4.28. The molecule has 0 unspecified atom stereocenters. The molecule has 2 aromatic carbocycles. The largest absolute Gasteiger partial charge is 0.369 e. The van der Waals surface area contributed by atoms with Crippen molar-refractivity contribution in [3.63, 3.8) is 0 Å². The van der Waals surface area contributed by atoms with E-state index in [-0.39, 0.29) is 0 Å². The van der Waals surface area contributed by atoms with Gasteiger partial charge in [0.2, 0.25) is 5.95 Å². The molecule has 30 heavy (non-hydrogen) atoms. The summed E-state index contributed by atoms with van der Waals surface area (Å²) < 4.78 is 0. The minimum Gasteiger partial charge on any atom is -0.369 e. The normalized spacial score (nSPS) is 14.2. The molecule has 3 aromatic rings. The number of rotatable bonds is 6. The third-order valence-electron chi connectivity index (χ3n) is 5.13. The fourth-order valence-electron chi connectivity index (χ4n) is 3.44. The molecule has 1 saturated heterocycles. The lowest BCUT2D eigenvalue weighted by Crippen LogP contribution is -2.44. The Hall–Kier alpha value is -3.63. The number of nitriles is 1. The molecule has 4 rings (SSSR count). The number of aromatic nitrogens is 2. The maximum Gasteiger partial charge on any atom is 0.229 e. The zero-order chi connectivity index (χ0) is 20.8. The van der Waals surface area contributed by atoms with Crippen molar-refractivity contribution in [2.45, 2.75) is 6.42 Å². The minimum absolute atomic E-state index is 0.385. The van der Waals surface area contributed by atoms with Crippen molar-refractivity contribution in [2.75, 3.05) is 48.8 Å². The summed E-state index contributed by atoms with van der Waals surface area (Å²) in [4.78, 5) is 13.6. The number of hydrogen-bond donors (Lipinski definition) is 2. The lowest BCUT2D eigenvalue weighted by Gasteiger charge is -2.34. The minimum atomic E-state index is 0.385. The number of nitrogens with one attached hydrogen (secondary N) is 2. The maximum absolute atomic E-state index is 8.87. The maximum atomic E-state index is 8.87. The Kier molecular flexibility index (Phi) is 6.06. The lowest BCUT2D eigenvalue weighted by molar-refractivity contribution is 0.313. The summed E-state index contributed by atoms with van der Waals surface area (Å²) >= 11 is 0. The molecule has 0 atom stereocenters. The molecule has 2 N–H and O–H groups in total. The van der Waals surface area contributed by atoms with Gasteiger partial charge in [0.1, 0.15) is 5.82 Å². The van der Waals surface area contributed by atoms with Crippen LogP contribution >= 0.6 is 0 Å². The lowest BCUT2D eigenvalue weighted by atomic mass is 10.1. The van der Waals surface area contributed by atoms with Crippen LogP contribution in [-0.4, -0.2) is 48.1 Å². The third kappa shape index (κ3) is 5.04. The van der Waals surface area contributed by atoms with Crippen molar-refractivity contribution in [3.05, 3.63) is 66.4 Å². The van der Waals surface area contributed by atoms with E-state index in [1.54, 1.807) is 6.20 Å². The van der Waals surface area contributed by atoms with E-state index >= 15 is 0 Å². The average molecular weight is 400 g/mol. The first-order valence-electron chi connectivity index (χ1n) is 10.1. The van der Waals surface area contributed by atoms with Crippen LogP contribution in [0.5, 0.6) is 0 Å². The van der Waals surface area contributed by atoms with E-state index in [1.165, 1.54) is 5.69 Å². The predicted octanol–water partition coefficient (Wildman–Crippen LogP) is 3.78. The molecule has 1 fully saturated rings. The van der Waals surface area contributed by atoms with Crippen LogP contribution in [0.15, 0.2) is 60.8 Å². The summed E-state index contributed by atoms with van der Waals surface area (Å²) in [6.07, 6.45) is 2.10. The third-order valence-corrected chi connectivity index (χ3v) is 5.13. The summed E-state index contributed by atoms with van der Waals surface area (Å²) in [5.74, 6) is 1.22. The number of hydrogen-bond acceptors (Lipinski definition) is 7. The molecule has 2 heterocycles. The van der Waals surface area contributed by atoms with Crippen molar-refractivity contribution < 1.29 is 0 Å². The number of nitrogens with zero attached hydrogens (tertiary/aromatic N) is 5.